The largest absolute Gasteiger partial charge is 0.507 e. The molecule has 8 heteroatoms. The van der Waals surface area contributed by atoms with E-state index < -0.39 is 30.3 Å². The zero-order valence-electron chi connectivity index (χ0n) is 13.2. The maximum absolute atomic E-state index is 13.4. The summed E-state index contributed by atoms with van der Waals surface area (Å²) < 4.78 is 18.1. The van der Waals surface area contributed by atoms with Crippen molar-refractivity contribution >= 4 is 23.6 Å². The molecule has 2 rings (SSSR count). The average molecular weight is 346 g/mol. The van der Waals surface area contributed by atoms with E-state index in [4.69, 9.17) is 4.74 Å². The van der Waals surface area contributed by atoms with Crippen LogP contribution < -0.4 is 10.6 Å². The van der Waals surface area contributed by atoms with Crippen molar-refractivity contribution in [1.29, 1.82) is 0 Å². The number of esters is 1. The minimum atomic E-state index is -0.968. The molecule has 7 nitrogen and oxygen atoms in total. The number of carbonyl (C=O) groups excluding carboxylic acids is 3. The molecule has 0 aliphatic heterocycles. The van der Waals surface area contributed by atoms with E-state index >= 15 is 0 Å². The maximum atomic E-state index is 13.4. The van der Waals surface area contributed by atoms with E-state index in [9.17, 15) is 23.9 Å². The fourth-order valence-corrected chi connectivity index (χ4v) is 1.90. The molecule has 3 N–H and O–H groups in total. The number of halogens is 1. The number of ether oxygens (including phenoxy) is 1. The molecule has 0 spiro atoms. The lowest BCUT2D eigenvalue weighted by Crippen LogP contribution is -2.37. The van der Waals surface area contributed by atoms with Crippen molar-refractivity contribution < 1.29 is 28.6 Å². The molecule has 0 aliphatic carbocycles. The second-order valence-corrected chi connectivity index (χ2v) is 5.08. The Morgan fingerprint density at radius 2 is 1.88 bits per heavy atom. The van der Waals surface area contributed by atoms with Crippen molar-refractivity contribution in [1.82, 2.24) is 5.32 Å². The first-order chi connectivity index (χ1) is 11.9. The number of carbonyl (C=O) groups is 3. The number of hydrogen-bond acceptors (Lipinski definition) is 5. The van der Waals surface area contributed by atoms with E-state index in [1.165, 1.54) is 30.3 Å². The number of benzene rings is 2. The number of amides is 3. The molecule has 130 valence electrons. The molecule has 0 saturated carbocycles. The summed E-state index contributed by atoms with van der Waals surface area (Å²) >= 11 is 0. The number of rotatable bonds is 4. The van der Waals surface area contributed by atoms with Gasteiger partial charge in [-0.1, -0.05) is 23.8 Å². The fourth-order valence-electron chi connectivity index (χ4n) is 1.90. The van der Waals surface area contributed by atoms with Gasteiger partial charge in [0.15, 0.2) is 6.61 Å². The standard InChI is InChI=1S/C17H15FN2O5/c1-10-6-7-14(21)11(8-10)16(23)25-9-15(22)20-17(24)19-13-5-3-2-4-12(13)18/h2-8,21H,9H2,1H3,(H2,19,20,22,24). The Bertz CT molecular complexity index is 822. The highest BCUT2D eigenvalue weighted by molar-refractivity contribution is 6.02. The number of para-hydroxylation sites is 1. The Morgan fingerprint density at radius 3 is 2.60 bits per heavy atom. The Labute approximate surface area is 142 Å². The number of urea groups is 1. The number of hydrogen-bond donors (Lipinski definition) is 3. The normalized spacial score (nSPS) is 10.0. The average Bonchev–Trinajstić information content (AvgIpc) is 2.57. The predicted molar refractivity (Wildman–Crippen MR) is 86.7 cm³/mol. The number of aryl methyl sites for hydroxylation is 1. The van der Waals surface area contributed by atoms with Gasteiger partial charge in [0.25, 0.3) is 5.91 Å². The van der Waals surface area contributed by atoms with Crippen LogP contribution in [0, 0.1) is 12.7 Å². The van der Waals surface area contributed by atoms with Crippen LogP contribution in [0.15, 0.2) is 42.5 Å². The highest BCUT2D eigenvalue weighted by atomic mass is 19.1. The van der Waals surface area contributed by atoms with Crippen LogP contribution in [0.2, 0.25) is 0 Å². The number of imide groups is 1. The third kappa shape index (κ3) is 5.03. The first-order valence-electron chi connectivity index (χ1n) is 7.19. The van der Waals surface area contributed by atoms with Crippen LogP contribution in [-0.4, -0.2) is 29.6 Å². The van der Waals surface area contributed by atoms with Gasteiger partial charge >= 0.3 is 12.0 Å². The van der Waals surface area contributed by atoms with Crippen molar-refractivity contribution in [2.75, 3.05) is 11.9 Å². The third-order valence-corrected chi connectivity index (χ3v) is 3.08. The van der Waals surface area contributed by atoms with Crippen LogP contribution in [0.5, 0.6) is 5.75 Å². The highest BCUT2D eigenvalue weighted by Crippen LogP contribution is 2.19. The Morgan fingerprint density at radius 1 is 1.16 bits per heavy atom. The minimum Gasteiger partial charge on any atom is -0.507 e. The van der Waals surface area contributed by atoms with Gasteiger partial charge in [-0.3, -0.25) is 10.1 Å². The van der Waals surface area contributed by atoms with E-state index in [0.29, 0.717) is 0 Å². The van der Waals surface area contributed by atoms with Crippen LogP contribution in [0.3, 0.4) is 0 Å². The van der Waals surface area contributed by atoms with Gasteiger partial charge in [0.05, 0.1) is 5.69 Å². The van der Waals surface area contributed by atoms with Crippen molar-refractivity contribution in [3.05, 3.63) is 59.4 Å². The summed E-state index contributed by atoms with van der Waals surface area (Å²) in [5, 5.41) is 13.6. The molecule has 2 aromatic carbocycles. The number of nitrogens with one attached hydrogen (secondary N) is 2. The lowest BCUT2D eigenvalue weighted by atomic mass is 10.1. The Balaban J connectivity index is 1.86. The molecule has 25 heavy (non-hydrogen) atoms. The number of phenolic OH excluding ortho intramolecular Hbond substituents is 1. The SMILES string of the molecule is Cc1ccc(O)c(C(=O)OCC(=O)NC(=O)Nc2ccccc2F)c1. The van der Waals surface area contributed by atoms with Crippen LogP contribution in [-0.2, 0) is 9.53 Å². The van der Waals surface area contributed by atoms with Crippen molar-refractivity contribution in [2.45, 2.75) is 6.92 Å². The van der Waals surface area contributed by atoms with Gasteiger partial charge in [-0.05, 0) is 31.2 Å². The van der Waals surface area contributed by atoms with Gasteiger partial charge in [-0.2, -0.15) is 0 Å². The molecule has 0 fully saturated rings. The smallest absolute Gasteiger partial charge is 0.342 e. The van der Waals surface area contributed by atoms with Crippen molar-refractivity contribution in [2.24, 2.45) is 0 Å². The van der Waals surface area contributed by atoms with Gasteiger partial charge in [-0.25, -0.2) is 14.0 Å². The number of phenols is 1. The van der Waals surface area contributed by atoms with E-state index in [2.05, 4.69) is 5.32 Å². The zero-order chi connectivity index (χ0) is 18.4. The van der Waals surface area contributed by atoms with E-state index in [-0.39, 0.29) is 17.0 Å². The Hall–Kier alpha value is -3.42. The second kappa shape index (κ2) is 7.91. The van der Waals surface area contributed by atoms with Crippen LogP contribution in [0.1, 0.15) is 15.9 Å². The molecule has 0 radical (unpaired) electrons. The summed E-state index contributed by atoms with van der Waals surface area (Å²) in [7, 11) is 0. The summed E-state index contributed by atoms with van der Waals surface area (Å²) in [6.07, 6.45) is 0. The maximum Gasteiger partial charge on any atom is 0.342 e. The van der Waals surface area contributed by atoms with Gasteiger partial charge in [0.2, 0.25) is 0 Å². The molecular formula is C17H15FN2O5. The first-order valence-corrected chi connectivity index (χ1v) is 7.19. The first kappa shape index (κ1) is 17.9. The topological polar surface area (TPSA) is 105 Å². The summed E-state index contributed by atoms with van der Waals surface area (Å²) in [5.41, 5.74) is 0.525. The predicted octanol–water partition coefficient (Wildman–Crippen LogP) is 2.34. The molecule has 0 atom stereocenters. The lowest BCUT2D eigenvalue weighted by molar-refractivity contribution is -0.123. The molecule has 0 aliphatic rings. The summed E-state index contributed by atoms with van der Waals surface area (Å²) in [4.78, 5) is 35.0. The van der Waals surface area contributed by atoms with Gasteiger partial charge in [-0.15, -0.1) is 0 Å². The summed E-state index contributed by atoms with van der Waals surface area (Å²) in [6, 6.07) is 8.79. The molecule has 0 bridgehead atoms. The quantitative estimate of drug-likeness (QED) is 0.737. The molecule has 2 aromatic rings. The van der Waals surface area contributed by atoms with Crippen LogP contribution in [0.25, 0.3) is 0 Å². The van der Waals surface area contributed by atoms with Gasteiger partial charge < -0.3 is 15.2 Å². The fraction of sp³-hybridized carbons (Fsp3) is 0.118. The van der Waals surface area contributed by atoms with Crippen molar-refractivity contribution in [3.63, 3.8) is 0 Å². The molecule has 0 heterocycles. The third-order valence-electron chi connectivity index (χ3n) is 3.08. The second-order valence-electron chi connectivity index (χ2n) is 5.08. The minimum absolute atomic E-state index is 0.0939. The Kier molecular flexibility index (Phi) is 5.67. The van der Waals surface area contributed by atoms with E-state index in [1.807, 2.05) is 5.32 Å². The zero-order valence-corrected chi connectivity index (χ0v) is 13.2. The number of anilines is 1. The van der Waals surface area contributed by atoms with E-state index in [0.717, 1.165) is 11.6 Å². The molecule has 3 amide bonds. The van der Waals surface area contributed by atoms with E-state index in [1.54, 1.807) is 13.0 Å². The van der Waals surface area contributed by atoms with Crippen LogP contribution >= 0.6 is 0 Å². The summed E-state index contributed by atoms with van der Waals surface area (Å²) in [5.74, 6) is -2.76. The molecule has 0 unspecified atom stereocenters. The molecular weight excluding hydrogens is 331 g/mol. The van der Waals surface area contributed by atoms with Gasteiger partial charge in [0, 0.05) is 0 Å². The van der Waals surface area contributed by atoms with Crippen LogP contribution in [0.4, 0.5) is 14.9 Å². The monoisotopic (exact) mass is 346 g/mol. The molecule has 0 aromatic heterocycles. The van der Waals surface area contributed by atoms with Crippen molar-refractivity contribution in [3.8, 4) is 5.75 Å². The number of aromatic hydroxyl groups is 1. The highest BCUT2D eigenvalue weighted by Gasteiger charge is 2.16. The molecule has 0 saturated heterocycles. The lowest BCUT2D eigenvalue weighted by Gasteiger charge is -2.09. The van der Waals surface area contributed by atoms with Gasteiger partial charge in [0.1, 0.15) is 17.1 Å². The summed E-state index contributed by atoms with van der Waals surface area (Å²) in [6.45, 7) is 0.979.